The van der Waals surface area contributed by atoms with E-state index in [0.717, 1.165) is 24.9 Å². The Bertz CT molecular complexity index is 508. The number of rotatable bonds is 2. The number of hydrogen-bond acceptors (Lipinski definition) is 3. The van der Waals surface area contributed by atoms with Crippen LogP contribution in [0.3, 0.4) is 0 Å². The summed E-state index contributed by atoms with van der Waals surface area (Å²) >= 11 is 6.06. The summed E-state index contributed by atoms with van der Waals surface area (Å²) in [6, 6.07) is 7.71. The second-order valence-electron chi connectivity index (χ2n) is 5.55. The Hall–Kier alpha value is -1.10. The zero-order valence-corrected chi connectivity index (χ0v) is 12.1. The first-order chi connectivity index (χ1) is 9.66. The van der Waals surface area contributed by atoms with Crippen molar-refractivity contribution in [2.24, 2.45) is 11.7 Å². The molecule has 0 radical (unpaired) electrons. The first-order valence-corrected chi connectivity index (χ1v) is 7.44. The van der Waals surface area contributed by atoms with Gasteiger partial charge in [-0.3, -0.25) is 4.79 Å². The molecule has 1 aromatic carbocycles. The molecule has 3 rings (SSSR count). The van der Waals surface area contributed by atoms with E-state index in [2.05, 4.69) is 0 Å². The fraction of sp³-hybridized carbons (Fsp3) is 0.533. The van der Waals surface area contributed by atoms with Crippen LogP contribution in [0.25, 0.3) is 0 Å². The number of likely N-dealkylation sites (tertiary alicyclic amines) is 1. The maximum absolute atomic E-state index is 12.7. The Kier molecular flexibility index (Phi) is 3.96. The highest BCUT2D eigenvalue weighted by Crippen LogP contribution is 2.34. The van der Waals surface area contributed by atoms with E-state index in [-0.39, 0.29) is 23.9 Å². The molecule has 2 heterocycles. The van der Waals surface area contributed by atoms with Gasteiger partial charge in [-0.1, -0.05) is 23.7 Å². The van der Waals surface area contributed by atoms with Gasteiger partial charge in [0.2, 0.25) is 5.91 Å². The summed E-state index contributed by atoms with van der Waals surface area (Å²) in [5.41, 5.74) is 7.07. The molecule has 108 valence electrons. The lowest BCUT2D eigenvalue weighted by molar-refractivity contribution is -0.136. The van der Waals surface area contributed by atoms with Crippen molar-refractivity contribution >= 4 is 17.5 Å². The zero-order chi connectivity index (χ0) is 14.1. The standard InChI is InChI=1S/C15H19ClN2O2/c16-11-4-1-3-10(7-11)14-5-2-6-18(14)15(19)12-8-20-9-13(12)17/h1,3-4,7,12-14H,2,5-6,8-9,17H2. The van der Waals surface area contributed by atoms with Crippen LogP contribution in [0.4, 0.5) is 0 Å². The molecule has 0 aromatic heterocycles. The molecule has 5 heteroatoms. The van der Waals surface area contributed by atoms with E-state index in [1.54, 1.807) is 0 Å². The van der Waals surface area contributed by atoms with Crippen LogP contribution in [0.15, 0.2) is 24.3 Å². The van der Waals surface area contributed by atoms with Crippen molar-refractivity contribution in [1.29, 1.82) is 0 Å². The summed E-state index contributed by atoms with van der Waals surface area (Å²) in [7, 11) is 0. The monoisotopic (exact) mass is 294 g/mol. The van der Waals surface area contributed by atoms with Crippen molar-refractivity contribution < 1.29 is 9.53 Å². The van der Waals surface area contributed by atoms with Crippen molar-refractivity contribution in [3.63, 3.8) is 0 Å². The van der Waals surface area contributed by atoms with Gasteiger partial charge in [-0.2, -0.15) is 0 Å². The van der Waals surface area contributed by atoms with Crippen molar-refractivity contribution in [1.82, 2.24) is 4.90 Å². The summed E-state index contributed by atoms with van der Waals surface area (Å²) < 4.78 is 5.32. The molecule has 20 heavy (non-hydrogen) atoms. The van der Waals surface area contributed by atoms with Gasteiger partial charge in [0, 0.05) is 17.6 Å². The molecule has 2 N–H and O–H groups in total. The normalized spacial score (nSPS) is 29.9. The van der Waals surface area contributed by atoms with Gasteiger partial charge in [0.25, 0.3) is 0 Å². The lowest BCUT2D eigenvalue weighted by Crippen LogP contribution is -2.43. The summed E-state index contributed by atoms with van der Waals surface area (Å²) in [4.78, 5) is 14.6. The van der Waals surface area contributed by atoms with Gasteiger partial charge < -0.3 is 15.4 Å². The van der Waals surface area contributed by atoms with Crippen LogP contribution in [-0.2, 0) is 9.53 Å². The minimum Gasteiger partial charge on any atom is -0.379 e. The van der Waals surface area contributed by atoms with Crippen LogP contribution in [0, 0.1) is 5.92 Å². The average molecular weight is 295 g/mol. The molecular weight excluding hydrogens is 276 g/mol. The predicted octanol–water partition coefficient (Wildman–Crippen LogP) is 1.98. The molecule has 2 saturated heterocycles. The fourth-order valence-corrected chi connectivity index (χ4v) is 3.33. The SMILES string of the molecule is NC1COCC1C(=O)N1CCCC1c1cccc(Cl)c1. The number of amides is 1. The number of carbonyl (C=O) groups is 1. The molecule has 2 fully saturated rings. The number of ether oxygens (including phenoxy) is 1. The van der Waals surface area contributed by atoms with Crippen molar-refractivity contribution in [3.8, 4) is 0 Å². The summed E-state index contributed by atoms with van der Waals surface area (Å²) in [6.07, 6.45) is 2.00. The van der Waals surface area contributed by atoms with E-state index in [0.29, 0.717) is 18.2 Å². The van der Waals surface area contributed by atoms with Crippen LogP contribution < -0.4 is 5.73 Å². The summed E-state index contributed by atoms with van der Waals surface area (Å²) in [6.45, 7) is 1.71. The number of hydrogen-bond donors (Lipinski definition) is 1. The molecule has 1 amide bonds. The number of carbonyl (C=O) groups excluding carboxylic acids is 1. The third kappa shape index (κ3) is 2.55. The van der Waals surface area contributed by atoms with Gasteiger partial charge in [0.15, 0.2) is 0 Å². The lowest BCUT2D eigenvalue weighted by Gasteiger charge is -2.28. The Morgan fingerprint density at radius 3 is 2.95 bits per heavy atom. The molecule has 2 aliphatic heterocycles. The minimum absolute atomic E-state index is 0.119. The molecular formula is C15H19ClN2O2. The van der Waals surface area contributed by atoms with E-state index in [9.17, 15) is 4.79 Å². The van der Waals surface area contributed by atoms with Gasteiger partial charge in [-0.25, -0.2) is 0 Å². The zero-order valence-electron chi connectivity index (χ0n) is 11.3. The van der Waals surface area contributed by atoms with Crippen LogP contribution in [0.2, 0.25) is 5.02 Å². The Morgan fingerprint density at radius 2 is 2.25 bits per heavy atom. The Labute approximate surface area is 123 Å². The van der Waals surface area contributed by atoms with Gasteiger partial charge in [0.05, 0.1) is 25.2 Å². The topological polar surface area (TPSA) is 55.6 Å². The molecule has 3 atom stereocenters. The largest absolute Gasteiger partial charge is 0.379 e. The number of benzene rings is 1. The first kappa shape index (κ1) is 13.9. The van der Waals surface area contributed by atoms with Gasteiger partial charge in [0.1, 0.15) is 0 Å². The van der Waals surface area contributed by atoms with E-state index in [4.69, 9.17) is 22.1 Å². The van der Waals surface area contributed by atoms with Crippen molar-refractivity contribution in [2.75, 3.05) is 19.8 Å². The average Bonchev–Trinajstić information content (AvgIpc) is 3.06. The first-order valence-electron chi connectivity index (χ1n) is 7.06. The summed E-state index contributed by atoms with van der Waals surface area (Å²) in [5.74, 6) is -0.0766. The Balaban J connectivity index is 1.80. The van der Waals surface area contributed by atoms with Crippen molar-refractivity contribution in [2.45, 2.75) is 24.9 Å². The minimum atomic E-state index is -0.199. The quantitative estimate of drug-likeness (QED) is 0.907. The number of halogens is 1. The third-order valence-electron chi connectivity index (χ3n) is 4.21. The van der Waals surface area contributed by atoms with Crippen LogP contribution in [0.1, 0.15) is 24.4 Å². The highest BCUT2D eigenvalue weighted by atomic mass is 35.5. The maximum Gasteiger partial charge on any atom is 0.230 e. The molecule has 0 spiro atoms. The van der Waals surface area contributed by atoms with Crippen LogP contribution >= 0.6 is 11.6 Å². The van der Waals surface area contributed by atoms with Crippen LogP contribution in [0.5, 0.6) is 0 Å². The molecule has 3 unspecified atom stereocenters. The van der Waals surface area contributed by atoms with E-state index in [1.807, 2.05) is 29.2 Å². The summed E-state index contributed by atoms with van der Waals surface area (Å²) in [5, 5.41) is 0.711. The number of nitrogens with zero attached hydrogens (tertiary/aromatic N) is 1. The second-order valence-corrected chi connectivity index (χ2v) is 5.99. The van der Waals surface area contributed by atoms with Crippen LogP contribution in [-0.4, -0.2) is 36.6 Å². The van der Waals surface area contributed by atoms with Crippen molar-refractivity contribution in [3.05, 3.63) is 34.9 Å². The third-order valence-corrected chi connectivity index (χ3v) is 4.45. The molecule has 1 aromatic rings. The lowest BCUT2D eigenvalue weighted by atomic mass is 10.00. The molecule has 4 nitrogen and oxygen atoms in total. The number of nitrogens with two attached hydrogens (primary N) is 1. The highest BCUT2D eigenvalue weighted by Gasteiger charge is 2.39. The molecule has 0 saturated carbocycles. The molecule has 0 bridgehead atoms. The molecule has 2 aliphatic rings. The van der Waals surface area contributed by atoms with E-state index >= 15 is 0 Å². The molecule has 0 aliphatic carbocycles. The fourth-order valence-electron chi connectivity index (χ4n) is 3.13. The maximum atomic E-state index is 12.7. The van der Waals surface area contributed by atoms with Gasteiger partial charge >= 0.3 is 0 Å². The van der Waals surface area contributed by atoms with Gasteiger partial charge in [-0.15, -0.1) is 0 Å². The van der Waals surface area contributed by atoms with E-state index in [1.165, 1.54) is 0 Å². The van der Waals surface area contributed by atoms with E-state index < -0.39 is 0 Å². The highest BCUT2D eigenvalue weighted by molar-refractivity contribution is 6.30. The predicted molar refractivity (Wildman–Crippen MR) is 77.4 cm³/mol. The smallest absolute Gasteiger partial charge is 0.230 e. The second kappa shape index (κ2) is 5.72. The Morgan fingerprint density at radius 1 is 1.40 bits per heavy atom. The van der Waals surface area contributed by atoms with Gasteiger partial charge in [-0.05, 0) is 30.5 Å².